The van der Waals surface area contributed by atoms with E-state index in [0.717, 1.165) is 0 Å². The lowest BCUT2D eigenvalue weighted by molar-refractivity contribution is -0.128. The molecule has 0 aliphatic carbocycles. The fourth-order valence-corrected chi connectivity index (χ4v) is 2.43. The Morgan fingerprint density at radius 1 is 1.08 bits per heavy atom. The zero-order chi connectivity index (χ0) is 19.5. The Morgan fingerprint density at radius 2 is 1.69 bits per heavy atom. The summed E-state index contributed by atoms with van der Waals surface area (Å²) < 4.78 is 10.9. The Kier molecular flexibility index (Phi) is 5.75. The highest BCUT2D eigenvalue weighted by Gasteiger charge is 2.19. The van der Waals surface area contributed by atoms with Crippen LogP contribution in [-0.2, 0) is 10.2 Å². The first-order chi connectivity index (χ1) is 12.1. The molecule has 0 saturated heterocycles. The predicted octanol–water partition coefficient (Wildman–Crippen LogP) is 3.42. The van der Waals surface area contributed by atoms with Crippen molar-refractivity contribution in [2.75, 3.05) is 0 Å². The zero-order valence-corrected chi connectivity index (χ0v) is 16.1. The van der Waals surface area contributed by atoms with Crippen LogP contribution < -0.4 is 15.6 Å². The molecule has 0 unspecified atom stereocenters. The Hall–Kier alpha value is -2.76. The van der Waals surface area contributed by atoms with E-state index in [1.54, 1.807) is 26.8 Å². The number of amides is 2. The average molecular weight is 358 g/mol. The van der Waals surface area contributed by atoms with Crippen LogP contribution in [0.25, 0.3) is 0 Å². The van der Waals surface area contributed by atoms with E-state index >= 15 is 0 Å². The summed E-state index contributed by atoms with van der Waals surface area (Å²) in [4.78, 5) is 24.2. The zero-order valence-electron chi connectivity index (χ0n) is 16.1. The van der Waals surface area contributed by atoms with Gasteiger partial charge in [-0.15, -0.1) is 0 Å². The van der Waals surface area contributed by atoms with E-state index in [1.165, 1.54) is 5.56 Å². The molecule has 2 N–H and O–H groups in total. The number of benzene rings is 1. The summed E-state index contributed by atoms with van der Waals surface area (Å²) in [5, 5.41) is 0. The van der Waals surface area contributed by atoms with Crippen LogP contribution in [0.1, 0.15) is 55.1 Å². The highest BCUT2D eigenvalue weighted by atomic mass is 16.5. The van der Waals surface area contributed by atoms with Crippen LogP contribution >= 0.6 is 0 Å². The molecule has 0 radical (unpaired) electrons. The first-order valence-corrected chi connectivity index (χ1v) is 8.52. The van der Waals surface area contributed by atoms with Gasteiger partial charge in [0, 0.05) is 0 Å². The topological polar surface area (TPSA) is 80.6 Å². The molecule has 0 fully saturated rings. The van der Waals surface area contributed by atoms with Gasteiger partial charge in [0.05, 0.1) is 5.56 Å². The van der Waals surface area contributed by atoms with Gasteiger partial charge in [0.25, 0.3) is 11.8 Å². The van der Waals surface area contributed by atoms with Gasteiger partial charge in [-0.3, -0.25) is 20.4 Å². The number of carbonyl (C=O) groups excluding carboxylic acids is 2. The number of hydrazine groups is 1. The van der Waals surface area contributed by atoms with E-state index in [1.807, 2.05) is 24.3 Å². The summed E-state index contributed by atoms with van der Waals surface area (Å²) in [6.07, 6.45) is -0.761. The van der Waals surface area contributed by atoms with Crippen molar-refractivity contribution in [1.82, 2.24) is 10.9 Å². The van der Waals surface area contributed by atoms with Crippen LogP contribution in [0.3, 0.4) is 0 Å². The molecule has 1 aromatic heterocycles. The van der Waals surface area contributed by atoms with E-state index in [4.69, 9.17) is 9.15 Å². The number of furan rings is 1. The van der Waals surface area contributed by atoms with Crippen LogP contribution in [0.4, 0.5) is 0 Å². The number of nitrogens with one attached hydrogen (secondary N) is 2. The fraction of sp³-hybridized carbons (Fsp3) is 0.400. The minimum atomic E-state index is -0.761. The average Bonchev–Trinajstić information content (AvgIpc) is 2.90. The highest BCUT2D eigenvalue weighted by molar-refractivity contribution is 5.96. The standard InChI is InChI=1S/C20H26N2O4/c1-12-11-17(13(2)25-12)19(24)22-21-18(23)14(3)26-16-9-7-15(8-10-16)20(4,5)6/h7-11,14H,1-6H3,(H,21,23)(H,22,24)/t14-/m0/s1. The number of hydrogen-bond acceptors (Lipinski definition) is 4. The Balaban J connectivity index is 1.89. The second-order valence-electron chi connectivity index (χ2n) is 7.30. The second-order valence-corrected chi connectivity index (χ2v) is 7.30. The molecule has 2 aromatic rings. The maximum Gasteiger partial charge on any atom is 0.279 e. The first-order valence-electron chi connectivity index (χ1n) is 8.52. The fourth-order valence-electron chi connectivity index (χ4n) is 2.43. The molecule has 6 heteroatoms. The van der Waals surface area contributed by atoms with Crippen molar-refractivity contribution < 1.29 is 18.7 Å². The third-order valence-electron chi connectivity index (χ3n) is 3.99. The lowest BCUT2D eigenvalue weighted by Gasteiger charge is -2.20. The van der Waals surface area contributed by atoms with E-state index in [9.17, 15) is 9.59 Å². The van der Waals surface area contributed by atoms with Crippen molar-refractivity contribution in [3.63, 3.8) is 0 Å². The molecule has 26 heavy (non-hydrogen) atoms. The third-order valence-corrected chi connectivity index (χ3v) is 3.99. The van der Waals surface area contributed by atoms with Crippen LogP contribution in [-0.4, -0.2) is 17.9 Å². The summed E-state index contributed by atoms with van der Waals surface area (Å²) in [5.74, 6) is 0.839. The van der Waals surface area contributed by atoms with Gasteiger partial charge in [0.15, 0.2) is 6.10 Å². The van der Waals surface area contributed by atoms with Crippen molar-refractivity contribution >= 4 is 11.8 Å². The number of aryl methyl sites for hydroxylation is 2. The van der Waals surface area contributed by atoms with Crippen molar-refractivity contribution in [3.8, 4) is 5.75 Å². The summed E-state index contributed by atoms with van der Waals surface area (Å²) >= 11 is 0. The maximum atomic E-state index is 12.1. The van der Waals surface area contributed by atoms with Gasteiger partial charge in [0.2, 0.25) is 0 Å². The number of rotatable bonds is 4. The molecule has 0 spiro atoms. The van der Waals surface area contributed by atoms with E-state index < -0.39 is 17.9 Å². The Morgan fingerprint density at radius 3 is 2.19 bits per heavy atom. The first kappa shape index (κ1) is 19.6. The molecule has 140 valence electrons. The van der Waals surface area contributed by atoms with Gasteiger partial charge < -0.3 is 9.15 Å². The molecule has 1 heterocycles. The molecular weight excluding hydrogens is 332 g/mol. The largest absolute Gasteiger partial charge is 0.481 e. The Labute approximate surface area is 153 Å². The molecule has 1 aromatic carbocycles. The molecule has 0 saturated carbocycles. The van der Waals surface area contributed by atoms with Crippen LogP contribution in [0.5, 0.6) is 5.75 Å². The maximum absolute atomic E-state index is 12.1. The second kappa shape index (κ2) is 7.64. The monoisotopic (exact) mass is 358 g/mol. The molecule has 2 amide bonds. The van der Waals surface area contributed by atoms with E-state index in [0.29, 0.717) is 22.8 Å². The Bertz CT molecular complexity index is 785. The number of hydrogen-bond donors (Lipinski definition) is 2. The van der Waals surface area contributed by atoms with Crippen molar-refractivity contribution in [2.45, 2.75) is 53.1 Å². The van der Waals surface area contributed by atoms with Gasteiger partial charge in [-0.1, -0.05) is 32.9 Å². The van der Waals surface area contributed by atoms with Crippen molar-refractivity contribution in [1.29, 1.82) is 0 Å². The van der Waals surface area contributed by atoms with Gasteiger partial charge in [0.1, 0.15) is 17.3 Å². The number of carbonyl (C=O) groups is 2. The summed E-state index contributed by atoms with van der Waals surface area (Å²) in [5.41, 5.74) is 6.35. The normalized spacial score (nSPS) is 12.4. The smallest absolute Gasteiger partial charge is 0.279 e. The highest BCUT2D eigenvalue weighted by Crippen LogP contribution is 2.24. The molecule has 0 bridgehead atoms. The summed E-state index contributed by atoms with van der Waals surface area (Å²) in [6, 6.07) is 9.24. The molecule has 0 aliphatic rings. The van der Waals surface area contributed by atoms with Crippen LogP contribution in [0, 0.1) is 13.8 Å². The van der Waals surface area contributed by atoms with Crippen LogP contribution in [0.15, 0.2) is 34.7 Å². The van der Waals surface area contributed by atoms with Crippen molar-refractivity contribution in [2.24, 2.45) is 0 Å². The van der Waals surface area contributed by atoms with Crippen LogP contribution in [0.2, 0.25) is 0 Å². The summed E-state index contributed by atoms with van der Waals surface area (Å²) in [7, 11) is 0. The predicted molar refractivity (Wildman–Crippen MR) is 99.0 cm³/mol. The van der Waals surface area contributed by atoms with Gasteiger partial charge in [-0.25, -0.2) is 0 Å². The van der Waals surface area contributed by atoms with Gasteiger partial charge in [-0.05, 0) is 49.9 Å². The van der Waals surface area contributed by atoms with E-state index in [-0.39, 0.29) is 5.41 Å². The molecule has 1 atom stereocenters. The lowest BCUT2D eigenvalue weighted by Crippen LogP contribution is -2.47. The SMILES string of the molecule is Cc1cc(C(=O)NNC(=O)[C@H](C)Oc2ccc(C(C)(C)C)cc2)c(C)o1. The van der Waals surface area contributed by atoms with Gasteiger partial charge in [-0.2, -0.15) is 0 Å². The quantitative estimate of drug-likeness (QED) is 0.821. The lowest BCUT2D eigenvalue weighted by atomic mass is 9.87. The minimum absolute atomic E-state index is 0.0510. The van der Waals surface area contributed by atoms with Gasteiger partial charge >= 0.3 is 0 Å². The molecule has 0 aliphatic heterocycles. The summed E-state index contributed by atoms with van der Waals surface area (Å²) in [6.45, 7) is 11.5. The van der Waals surface area contributed by atoms with Crippen molar-refractivity contribution in [3.05, 3.63) is 53.0 Å². The number of ether oxygens (including phenoxy) is 1. The molecule has 6 nitrogen and oxygen atoms in total. The third kappa shape index (κ3) is 4.88. The minimum Gasteiger partial charge on any atom is -0.481 e. The molecular formula is C20H26N2O4. The molecule has 2 rings (SSSR count). The van der Waals surface area contributed by atoms with E-state index in [2.05, 4.69) is 31.6 Å².